The Kier molecular flexibility index (Phi) is 3.96. The molecule has 0 radical (unpaired) electrons. The SMILES string of the molecule is CCCc1ccc(CN2CC[C@@]34OC[C@@H](C(C)C)N3C(=O)C[C@@H]24)o1. The zero-order chi connectivity index (χ0) is 16.9. The minimum atomic E-state index is -0.384. The Bertz CT molecular complexity index is 626. The highest BCUT2D eigenvalue weighted by molar-refractivity contribution is 5.82. The molecule has 0 unspecified atom stereocenters. The van der Waals surface area contributed by atoms with Crippen molar-refractivity contribution < 1.29 is 13.9 Å². The van der Waals surface area contributed by atoms with Crippen LogP contribution in [0.2, 0.25) is 0 Å². The minimum absolute atomic E-state index is 0.161. The quantitative estimate of drug-likeness (QED) is 0.832. The molecule has 132 valence electrons. The van der Waals surface area contributed by atoms with Crippen LogP contribution < -0.4 is 0 Å². The van der Waals surface area contributed by atoms with E-state index in [9.17, 15) is 4.79 Å². The van der Waals surface area contributed by atoms with Gasteiger partial charge in [0.05, 0.1) is 25.2 Å². The molecule has 3 aliphatic heterocycles. The first-order chi connectivity index (χ1) is 11.5. The van der Waals surface area contributed by atoms with Gasteiger partial charge in [-0.05, 0) is 24.5 Å². The number of aryl methyl sites for hydroxylation is 1. The van der Waals surface area contributed by atoms with Crippen LogP contribution in [0.25, 0.3) is 0 Å². The van der Waals surface area contributed by atoms with Gasteiger partial charge in [-0.15, -0.1) is 0 Å². The Morgan fingerprint density at radius 2 is 2.12 bits per heavy atom. The van der Waals surface area contributed by atoms with Gasteiger partial charge in [0, 0.05) is 25.8 Å². The average Bonchev–Trinajstić information content (AvgIpc) is 3.25. The number of amides is 1. The summed E-state index contributed by atoms with van der Waals surface area (Å²) in [5, 5.41) is 0. The number of ether oxygens (including phenoxy) is 1. The van der Waals surface area contributed by atoms with Crippen LogP contribution in [0.4, 0.5) is 0 Å². The van der Waals surface area contributed by atoms with Crippen molar-refractivity contribution in [1.82, 2.24) is 9.80 Å². The summed E-state index contributed by atoms with van der Waals surface area (Å²) < 4.78 is 12.2. The average molecular weight is 332 g/mol. The number of carbonyl (C=O) groups is 1. The van der Waals surface area contributed by atoms with Crippen LogP contribution in [0.5, 0.6) is 0 Å². The fourth-order valence-electron chi connectivity index (χ4n) is 4.73. The smallest absolute Gasteiger partial charge is 0.226 e. The predicted octanol–water partition coefficient (Wildman–Crippen LogP) is 2.79. The first-order valence-electron chi connectivity index (χ1n) is 9.33. The third kappa shape index (κ3) is 2.32. The maximum absolute atomic E-state index is 12.7. The number of furan rings is 1. The summed E-state index contributed by atoms with van der Waals surface area (Å²) in [5.74, 6) is 2.75. The van der Waals surface area contributed by atoms with Crippen molar-refractivity contribution in [3.05, 3.63) is 23.7 Å². The van der Waals surface area contributed by atoms with E-state index in [1.54, 1.807) is 0 Å². The van der Waals surface area contributed by atoms with Crippen LogP contribution in [0, 0.1) is 5.92 Å². The molecule has 0 aromatic carbocycles. The van der Waals surface area contributed by atoms with Gasteiger partial charge >= 0.3 is 0 Å². The van der Waals surface area contributed by atoms with E-state index in [-0.39, 0.29) is 23.7 Å². The molecule has 0 N–H and O–H groups in total. The van der Waals surface area contributed by atoms with Gasteiger partial charge in [-0.3, -0.25) is 9.69 Å². The van der Waals surface area contributed by atoms with Crippen molar-refractivity contribution >= 4 is 5.91 Å². The topological polar surface area (TPSA) is 45.9 Å². The summed E-state index contributed by atoms with van der Waals surface area (Å²) in [4.78, 5) is 17.1. The Labute approximate surface area is 143 Å². The van der Waals surface area contributed by atoms with E-state index >= 15 is 0 Å². The number of hydrogen-bond donors (Lipinski definition) is 0. The largest absolute Gasteiger partial charge is 0.465 e. The van der Waals surface area contributed by atoms with Gasteiger partial charge in [-0.2, -0.15) is 0 Å². The molecule has 3 fully saturated rings. The summed E-state index contributed by atoms with van der Waals surface area (Å²) in [7, 11) is 0. The molecular weight excluding hydrogens is 304 g/mol. The molecule has 5 heteroatoms. The summed E-state index contributed by atoms with van der Waals surface area (Å²) in [6, 6.07) is 4.55. The zero-order valence-corrected chi connectivity index (χ0v) is 15.0. The van der Waals surface area contributed by atoms with Crippen LogP contribution >= 0.6 is 0 Å². The minimum Gasteiger partial charge on any atom is -0.465 e. The number of nitrogens with zero attached hydrogens (tertiary/aromatic N) is 2. The zero-order valence-electron chi connectivity index (χ0n) is 15.0. The lowest BCUT2D eigenvalue weighted by Crippen LogP contribution is -2.50. The Balaban J connectivity index is 1.52. The van der Waals surface area contributed by atoms with E-state index < -0.39 is 0 Å². The first-order valence-corrected chi connectivity index (χ1v) is 9.33. The van der Waals surface area contributed by atoms with E-state index in [4.69, 9.17) is 9.15 Å². The number of likely N-dealkylation sites (tertiary alicyclic amines) is 1. The van der Waals surface area contributed by atoms with Crippen molar-refractivity contribution in [2.45, 2.75) is 70.8 Å². The summed E-state index contributed by atoms with van der Waals surface area (Å²) in [5.41, 5.74) is -0.384. The molecule has 5 nitrogen and oxygen atoms in total. The van der Waals surface area contributed by atoms with Gasteiger partial charge < -0.3 is 14.1 Å². The van der Waals surface area contributed by atoms with Gasteiger partial charge in [-0.1, -0.05) is 20.8 Å². The third-order valence-electron chi connectivity index (χ3n) is 5.94. The Morgan fingerprint density at radius 1 is 1.33 bits per heavy atom. The van der Waals surface area contributed by atoms with Crippen molar-refractivity contribution in [1.29, 1.82) is 0 Å². The number of carbonyl (C=O) groups excluding carboxylic acids is 1. The van der Waals surface area contributed by atoms with Gasteiger partial charge in [0.1, 0.15) is 11.5 Å². The molecule has 4 heterocycles. The highest BCUT2D eigenvalue weighted by Crippen LogP contribution is 2.49. The molecule has 1 aromatic heterocycles. The number of rotatable bonds is 5. The van der Waals surface area contributed by atoms with Gasteiger partial charge in [0.15, 0.2) is 5.72 Å². The summed E-state index contributed by atoms with van der Waals surface area (Å²) in [6.07, 6.45) is 3.57. The van der Waals surface area contributed by atoms with E-state index in [1.807, 2.05) is 0 Å². The molecule has 0 saturated carbocycles. The van der Waals surface area contributed by atoms with Crippen molar-refractivity contribution in [3.8, 4) is 0 Å². The lowest BCUT2D eigenvalue weighted by molar-refractivity contribution is -0.139. The maximum atomic E-state index is 12.7. The fourth-order valence-corrected chi connectivity index (χ4v) is 4.73. The van der Waals surface area contributed by atoms with Gasteiger partial charge in [0.2, 0.25) is 5.91 Å². The highest BCUT2D eigenvalue weighted by atomic mass is 16.5. The van der Waals surface area contributed by atoms with Crippen molar-refractivity contribution in [2.75, 3.05) is 13.2 Å². The van der Waals surface area contributed by atoms with Crippen LogP contribution in [0.1, 0.15) is 51.6 Å². The molecular formula is C19H28N2O3. The third-order valence-corrected chi connectivity index (χ3v) is 5.94. The molecule has 4 rings (SSSR count). The second-order valence-corrected chi connectivity index (χ2v) is 7.79. The Morgan fingerprint density at radius 3 is 2.88 bits per heavy atom. The summed E-state index contributed by atoms with van der Waals surface area (Å²) >= 11 is 0. The molecule has 24 heavy (non-hydrogen) atoms. The molecule has 0 bridgehead atoms. The van der Waals surface area contributed by atoms with Gasteiger partial charge in [-0.25, -0.2) is 0 Å². The maximum Gasteiger partial charge on any atom is 0.226 e. The first kappa shape index (κ1) is 16.2. The monoisotopic (exact) mass is 332 g/mol. The van der Waals surface area contributed by atoms with Crippen molar-refractivity contribution in [3.63, 3.8) is 0 Å². The second kappa shape index (κ2) is 5.88. The lowest BCUT2D eigenvalue weighted by atomic mass is 10.0. The van der Waals surface area contributed by atoms with Crippen LogP contribution in [-0.4, -0.2) is 46.7 Å². The normalized spacial score (nSPS) is 32.8. The van der Waals surface area contributed by atoms with Gasteiger partial charge in [0.25, 0.3) is 0 Å². The van der Waals surface area contributed by atoms with E-state index in [2.05, 4.69) is 42.7 Å². The van der Waals surface area contributed by atoms with E-state index in [0.29, 0.717) is 18.9 Å². The molecule has 1 spiro atoms. The molecule has 1 amide bonds. The molecule has 3 aliphatic rings. The van der Waals surface area contributed by atoms with Crippen LogP contribution in [0.3, 0.4) is 0 Å². The number of hydrogen-bond acceptors (Lipinski definition) is 4. The highest BCUT2D eigenvalue weighted by Gasteiger charge is 2.64. The Hall–Kier alpha value is -1.33. The van der Waals surface area contributed by atoms with Crippen LogP contribution in [0.15, 0.2) is 16.5 Å². The molecule has 3 saturated heterocycles. The van der Waals surface area contributed by atoms with Crippen LogP contribution in [-0.2, 0) is 22.5 Å². The standard InChI is InChI=1S/C19H28N2O3/c1-4-5-14-6-7-15(24-14)11-20-9-8-19-17(20)10-18(22)21(19)16(12-23-19)13(2)3/h6-7,13,16-17H,4-5,8-12H2,1-3H3/t16-,17+,19-/m0/s1. The van der Waals surface area contributed by atoms with E-state index in [0.717, 1.165) is 43.9 Å². The lowest BCUT2D eigenvalue weighted by Gasteiger charge is -2.34. The summed E-state index contributed by atoms with van der Waals surface area (Å²) in [6.45, 7) is 8.93. The predicted molar refractivity (Wildman–Crippen MR) is 90.3 cm³/mol. The van der Waals surface area contributed by atoms with Crippen molar-refractivity contribution in [2.24, 2.45) is 5.92 Å². The molecule has 0 aliphatic carbocycles. The molecule has 1 aromatic rings. The fraction of sp³-hybridized carbons (Fsp3) is 0.737. The second-order valence-electron chi connectivity index (χ2n) is 7.79. The molecule has 3 atom stereocenters. The van der Waals surface area contributed by atoms with E-state index in [1.165, 1.54) is 0 Å².